The van der Waals surface area contributed by atoms with E-state index in [0.29, 0.717) is 0 Å². The van der Waals surface area contributed by atoms with Gasteiger partial charge >= 0.3 is 0 Å². The highest BCUT2D eigenvalue weighted by Gasteiger charge is 2.43. The molecule has 3 nitrogen and oxygen atoms in total. The lowest BCUT2D eigenvalue weighted by Crippen LogP contribution is -1.99. The topological polar surface area (TPSA) is 43.1 Å². The summed E-state index contributed by atoms with van der Waals surface area (Å²) >= 11 is 11.7. The number of nitro benzene ring substituents is 1. The minimum Gasteiger partial charge on any atom is -0.258 e. The van der Waals surface area contributed by atoms with Crippen molar-refractivity contribution in [2.45, 2.75) is 11.8 Å². The van der Waals surface area contributed by atoms with E-state index in [9.17, 15) is 10.1 Å². The Balaban J connectivity index is 2.28. The van der Waals surface area contributed by atoms with Crippen LogP contribution in [-0.4, -0.2) is 4.92 Å². The van der Waals surface area contributed by atoms with Crippen LogP contribution in [0.25, 0.3) is 0 Å². The zero-order valence-corrected chi connectivity index (χ0v) is 10.1. The van der Waals surface area contributed by atoms with Crippen LogP contribution in [0.3, 0.4) is 0 Å². The summed E-state index contributed by atoms with van der Waals surface area (Å²) in [4.78, 5) is 10.7. The third-order valence-electron chi connectivity index (χ3n) is 3.34. The smallest absolute Gasteiger partial charge is 0.258 e. The molecule has 86 valence electrons. The number of hydrogen-bond donors (Lipinski definition) is 0. The van der Waals surface area contributed by atoms with Gasteiger partial charge in [0, 0.05) is 23.5 Å². The lowest BCUT2D eigenvalue weighted by molar-refractivity contribution is -0.385. The van der Waals surface area contributed by atoms with Crippen molar-refractivity contribution < 1.29 is 4.92 Å². The van der Waals surface area contributed by atoms with Crippen LogP contribution in [0.4, 0.5) is 5.69 Å². The zero-order chi connectivity index (χ0) is 12.2. The molecular formula is C12H7Cl2NO2. The fraction of sp³-hybridized carbons (Fsp3) is 0.167. The summed E-state index contributed by atoms with van der Waals surface area (Å²) in [5, 5.41) is 11.0. The van der Waals surface area contributed by atoms with Crippen LogP contribution in [0.5, 0.6) is 0 Å². The molecule has 0 spiro atoms. The second kappa shape index (κ2) is 3.59. The van der Waals surface area contributed by atoms with Gasteiger partial charge in [-0.25, -0.2) is 0 Å². The standard InChI is InChI=1S/C12H7Cl2NO2/c13-12(14)11-7-4-5-8(11)10-6(7)2-1-3-9(10)15(16)17/h1-5,7-8H. The molecule has 1 aromatic rings. The fourth-order valence-electron chi connectivity index (χ4n) is 2.72. The summed E-state index contributed by atoms with van der Waals surface area (Å²) in [7, 11) is 0. The maximum absolute atomic E-state index is 11.0. The van der Waals surface area contributed by atoms with Gasteiger partial charge in [-0.3, -0.25) is 10.1 Å². The highest BCUT2D eigenvalue weighted by molar-refractivity contribution is 6.56. The van der Waals surface area contributed by atoms with Gasteiger partial charge in [-0.2, -0.15) is 0 Å². The van der Waals surface area contributed by atoms with Crippen molar-refractivity contribution in [2.75, 3.05) is 0 Å². The van der Waals surface area contributed by atoms with Crippen molar-refractivity contribution in [3.8, 4) is 0 Å². The summed E-state index contributed by atoms with van der Waals surface area (Å²) in [5.41, 5.74) is 2.68. The first-order valence-electron chi connectivity index (χ1n) is 5.12. The van der Waals surface area contributed by atoms with E-state index < -0.39 is 0 Å². The maximum Gasteiger partial charge on any atom is 0.273 e. The Kier molecular flexibility index (Phi) is 2.28. The molecule has 0 radical (unpaired) electrons. The van der Waals surface area contributed by atoms with E-state index >= 15 is 0 Å². The molecule has 0 heterocycles. The molecule has 17 heavy (non-hydrogen) atoms. The van der Waals surface area contributed by atoms with Gasteiger partial charge in [-0.1, -0.05) is 47.5 Å². The normalized spacial score (nSPS) is 24.0. The Morgan fingerprint density at radius 1 is 1.24 bits per heavy atom. The van der Waals surface area contributed by atoms with Crippen LogP contribution in [0.2, 0.25) is 0 Å². The van der Waals surface area contributed by atoms with Crippen LogP contribution in [0, 0.1) is 10.1 Å². The van der Waals surface area contributed by atoms with Crippen LogP contribution in [-0.2, 0) is 0 Å². The second-order valence-electron chi connectivity index (χ2n) is 4.09. The highest BCUT2D eigenvalue weighted by atomic mass is 35.5. The molecule has 0 amide bonds. The van der Waals surface area contributed by atoms with Gasteiger partial charge < -0.3 is 0 Å². The number of nitrogens with zero attached hydrogens (tertiary/aromatic N) is 1. The van der Waals surface area contributed by atoms with E-state index in [1.807, 2.05) is 18.2 Å². The predicted molar refractivity (Wildman–Crippen MR) is 66.5 cm³/mol. The second-order valence-corrected chi connectivity index (χ2v) is 5.04. The molecule has 3 rings (SSSR count). The Morgan fingerprint density at radius 2 is 1.94 bits per heavy atom. The van der Waals surface area contributed by atoms with Crippen LogP contribution in [0.15, 0.2) is 40.4 Å². The number of benzene rings is 1. The third kappa shape index (κ3) is 1.36. The monoisotopic (exact) mass is 267 g/mol. The Bertz CT molecular complexity index is 588. The molecule has 0 saturated carbocycles. The molecule has 0 aromatic heterocycles. The SMILES string of the molecule is O=[N+]([O-])c1cccc2c1C1C=CC2C1=C(Cl)Cl. The molecule has 0 saturated heterocycles. The van der Waals surface area contributed by atoms with Crippen molar-refractivity contribution in [2.24, 2.45) is 0 Å². The average Bonchev–Trinajstić information content (AvgIpc) is 2.84. The van der Waals surface area contributed by atoms with Gasteiger partial charge in [-0.15, -0.1) is 0 Å². The Labute approximate surface area is 107 Å². The Morgan fingerprint density at radius 3 is 2.59 bits per heavy atom. The van der Waals surface area contributed by atoms with Gasteiger partial charge in [0.15, 0.2) is 0 Å². The van der Waals surface area contributed by atoms with Gasteiger partial charge in [0.1, 0.15) is 4.49 Å². The summed E-state index contributed by atoms with van der Waals surface area (Å²) in [5.74, 6) is -0.138. The van der Waals surface area contributed by atoms with Crippen LogP contribution < -0.4 is 0 Å². The van der Waals surface area contributed by atoms with E-state index in [1.54, 1.807) is 6.07 Å². The first-order valence-corrected chi connectivity index (χ1v) is 5.87. The lowest BCUT2D eigenvalue weighted by atomic mass is 9.95. The maximum atomic E-state index is 11.0. The van der Waals surface area contributed by atoms with Gasteiger partial charge in [0.2, 0.25) is 0 Å². The van der Waals surface area contributed by atoms with Crippen molar-refractivity contribution in [3.63, 3.8) is 0 Å². The van der Waals surface area contributed by atoms with Crippen LogP contribution >= 0.6 is 23.2 Å². The molecule has 2 aliphatic rings. The van der Waals surface area contributed by atoms with Gasteiger partial charge in [0.25, 0.3) is 5.69 Å². The predicted octanol–water partition coefficient (Wildman–Crippen LogP) is 4.03. The van der Waals surface area contributed by atoms with E-state index in [0.717, 1.165) is 16.7 Å². The molecule has 0 fully saturated rings. The van der Waals surface area contributed by atoms with Crippen molar-refractivity contribution in [1.82, 2.24) is 0 Å². The number of nitro groups is 1. The molecule has 0 N–H and O–H groups in total. The molecule has 2 bridgehead atoms. The summed E-state index contributed by atoms with van der Waals surface area (Å²) in [6.45, 7) is 0. The largest absolute Gasteiger partial charge is 0.273 e. The molecule has 2 aliphatic carbocycles. The highest BCUT2D eigenvalue weighted by Crippen LogP contribution is 2.56. The molecule has 5 heteroatoms. The molecule has 2 atom stereocenters. The van der Waals surface area contributed by atoms with E-state index in [1.165, 1.54) is 6.07 Å². The number of fused-ring (bicyclic) bond motifs is 5. The number of halogens is 2. The Hall–Kier alpha value is -1.32. The van der Waals surface area contributed by atoms with Crippen LogP contribution in [0.1, 0.15) is 23.0 Å². The van der Waals surface area contributed by atoms with Crippen molar-refractivity contribution in [3.05, 3.63) is 61.7 Å². The number of allylic oxidation sites excluding steroid dienone is 3. The minimum absolute atomic E-state index is 0.0000926. The van der Waals surface area contributed by atoms with Gasteiger partial charge in [0.05, 0.1) is 4.92 Å². The average molecular weight is 268 g/mol. The summed E-state index contributed by atoms with van der Waals surface area (Å²) in [6, 6.07) is 5.12. The minimum atomic E-state index is -0.354. The summed E-state index contributed by atoms with van der Waals surface area (Å²) in [6.07, 6.45) is 3.93. The van der Waals surface area contributed by atoms with Crippen molar-refractivity contribution >= 4 is 28.9 Å². The molecule has 0 aliphatic heterocycles. The van der Waals surface area contributed by atoms with E-state index in [-0.39, 0.29) is 26.9 Å². The quantitative estimate of drug-likeness (QED) is 0.438. The first kappa shape index (κ1) is 10.8. The molecule has 2 unspecified atom stereocenters. The van der Waals surface area contributed by atoms with E-state index in [4.69, 9.17) is 23.2 Å². The number of hydrogen-bond acceptors (Lipinski definition) is 2. The van der Waals surface area contributed by atoms with Gasteiger partial charge in [-0.05, 0) is 11.1 Å². The molecular weight excluding hydrogens is 261 g/mol. The molecule has 1 aromatic carbocycles. The lowest BCUT2D eigenvalue weighted by Gasteiger charge is -2.08. The zero-order valence-electron chi connectivity index (χ0n) is 8.56. The summed E-state index contributed by atoms with van der Waals surface area (Å²) < 4.78 is 0.218. The van der Waals surface area contributed by atoms with Crippen molar-refractivity contribution in [1.29, 1.82) is 0 Å². The third-order valence-corrected chi connectivity index (χ3v) is 3.78. The fourth-order valence-corrected chi connectivity index (χ4v) is 3.19. The first-order chi connectivity index (χ1) is 8.11. The van der Waals surface area contributed by atoms with E-state index in [2.05, 4.69) is 0 Å². The number of rotatable bonds is 1.